The van der Waals surface area contributed by atoms with Gasteiger partial charge in [0.1, 0.15) is 5.75 Å². The topological polar surface area (TPSA) is 76.6 Å². The highest BCUT2D eigenvalue weighted by Gasteiger charge is 2.23. The molecule has 8 nitrogen and oxygen atoms in total. The van der Waals surface area contributed by atoms with E-state index in [1.807, 2.05) is 12.1 Å². The van der Waals surface area contributed by atoms with Gasteiger partial charge in [-0.2, -0.15) is 0 Å². The highest BCUT2D eigenvalue weighted by Crippen LogP contribution is 2.23. The van der Waals surface area contributed by atoms with Crippen molar-refractivity contribution in [2.24, 2.45) is 4.99 Å². The van der Waals surface area contributed by atoms with E-state index in [-0.39, 0.29) is 12.1 Å². The Bertz CT molecular complexity index is 629. The zero-order valence-electron chi connectivity index (χ0n) is 18.3. The van der Waals surface area contributed by atoms with Gasteiger partial charge in [-0.15, -0.1) is 0 Å². The summed E-state index contributed by atoms with van der Waals surface area (Å²) in [7, 11) is 3.50. The lowest BCUT2D eigenvalue weighted by atomic mass is 10.0. The lowest BCUT2D eigenvalue weighted by Crippen LogP contribution is -2.46. The van der Waals surface area contributed by atoms with E-state index in [4.69, 9.17) is 18.9 Å². The molecular formula is C22H36N4O4. The minimum Gasteiger partial charge on any atom is -0.497 e. The number of morpholine rings is 1. The first-order valence-electron chi connectivity index (χ1n) is 10.9. The minimum atomic E-state index is 0.240. The molecule has 0 amide bonds. The second-order valence-corrected chi connectivity index (χ2v) is 7.53. The van der Waals surface area contributed by atoms with Crippen molar-refractivity contribution in [3.05, 3.63) is 29.8 Å². The number of hydrogen-bond acceptors (Lipinski definition) is 6. The summed E-state index contributed by atoms with van der Waals surface area (Å²) < 4.78 is 22.0. The molecule has 2 aliphatic rings. The maximum atomic E-state index is 5.82. The standard InChI is InChI=1S/C22H36N4O4/c1-23-22(24-9-3-12-30-20-8-13-29-17-20)25-16-21(26-10-14-28-15-11-26)18-4-6-19(27-2)7-5-18/h4-7,20-21H,3,8-17H2,1-2H3,(H2,23,24,25). The van der Waals surface area contributed by atoms with E-state index in [0.717, 1.165) is 83.8 Å². The summed E-state index contributed by atoms with van der Waals surface area (Å²) in [6.45, 7) is 7.25. The molecule has 1 aromatic carbocycles. The van der Waals surface area contributed by atoms with Gasteiger partial charge in [-0.05, 0) is 30.5 Å². The number of nitrogens with zero attached hydrogens (tertiary/aromatic N) is 2. The molecule has 1 aromatic rings. The highest BCUT2D eigenvalue weighted by molar-refractivity contribution is 5.79. The molecule has 0 bridgehead atoms. The van der Waals surface area contributed by atoms with Crippen LogP contribution in [0.15, 0.2) is 29.3 Å². The van der Waals surface area contributed by atoms with Crippen LogP contribution in [-0.4, -0.2) is 90.3 Å². The lowest BCUT2D eigenvalue weighted by Gasteiger charge is -2.35. The normalized spacial score (nSPS) is 21.4. The maximum absolute atomic E-state index is 5.82. The second kappa shape index (κ2) is 12.7. The van der Waals surface area contributed by atoms with Crippen molar-refractivity contribution in [3.63, 3.8) is 0 Å². The summed E-state index contributed by atoms with van der Waals surface area (Å²) >= 11 is 0. The molecule has 0 spiro atoms. The largest absolute Gasteiger partial charge is 0.497 e. The monoisotopic (exact) mass is 420 g/mol. The molecular weight excluding hydrogens is 384 g/mol. The van der Waals surface area contributed by atoms with E-state index >= 15 is 0 Å². The number of benzene rings is 1. The smallest absolute Gasteiger partial charge is 0.191 e. The summed E-state index contributed by atoms with van der Waals surface area (Å²) in [6, 6.07) is 8.56. The van der Waals surface area contributed by atoms with Gasteiger partial charge >= 0.3 is 0 Å². The van der Waals surface area contributed by atoms with Crippen molar-refractivity contribution in [1.29, 1.82) is 0 Å². The number of guanidine groups is 1. The summed E-state index contributed by atoms with van der Waals surface area (Å²) in [5, 5.41) is 6.88. The zero-order chi connectivity index (χ0) is 21.0. The van der Waals surface area contributed by atoms with Gasteiger partial charge in [0.2, 0.25) is 0 Å². The molecule has 8 heteroatoms. The molecule has 3 rings (SSSR count). The van der Waals surface area contributed by atoms with Crippen LogP contribution in [0.5, 0.6) is 5.75 Å². The molecule has 2 aliphatic heterocycles. The number of nitrogens with one attached hydrogen (secondary N) is 2. The van der Waals surface area contributed by atoms with Crippen molar-refractivity contribution in [3.8, 4) is 5.75 Å². The first-order valence-corrected chi connectivity index (χ1v) is 10.9. The summed E-state index contributed by atoms with van der Waals surface area (Å²) in [4.78, 5) is 6.83. The number of ether oxygens (including phenoxy) is 4. The third kappa shape index (κ3) is 7.12. The fourth-order valence-corrected chi connectivity index (χ4v) is 3.76. The Hall–Kier alpha value is -1.87. The summed E-state index contributed by atoms with van der Waals surface area (Å²) in [5.41, 5.74) is 1.26. The summed E-state index contributed by atoms with van der Waals surface area (Å²) in [6.07, 6.45) is 2.20. The highest BCUT2D eigenvalue weighted by atomic mass is 16.5. The molecule has 2 N–H and O–H groups in total. The van der Waals surface area contributed by atoms with Gasteiger partial charge in [0.15, 0.2) is 5.96 Å². The van der Waals surface area contributed by atoms with E-state index in [1.54, 1.807) is 14.2 Å². The van der Waals surface area contributed by atoms with E-state index < -0.39 is 0 Å². The van der Waals surface area contributed by atoms with E-state index in [1.165, 1.54) is 5.56 Å². The van der Waals surface area contributed by atoms with E-state index in [9.17, 15) is 0 Å². The fraction of sp³-hybridized carbons (Fsp3) is 0.682. The molecule has 2 heterocycles. The van der Waals surface area contributed by atoms with Crippen LogP contribution in [0.3, 0.4) is 0 Å². The molecule has 168 valence electrons. The van der Waals surface area contributed by atoms with Crippen LogP contribution in [0.2, 0.25) is 0 Å². The van der Waals surface area contributed by atoms with E-state index in [0.29, 0.717) is 0 Å². The third-order valence-corrected chi connectivity index (χ3v) is 5.53. The predicted octanol–water partition coefficient (Wildman–Crippen LogP) is 1.43. The first-order chi connectivity index (χ1) is 14.8. The summed E-state index contributed by atoms with van der Waals surface area (Å²) in [5.74, 6) is 1.68. The molecule has 2 unspecified atom stereocenters. The van der Waals surface area contributed by atoms with Crippen LogP contribution >= 0.6 is 0 Å². The second-order valence-electron chi connectivity index (χ2n) is 7.53. The van der Waals surface area contributed by atoms with E-state index in [2.05, 4.69) is 32.7 Å². The Balaban J connectivity index is 1.47. The van der Waals surface area contributed by atoms with Gasteiger partial charge in [0.25, 0.3) is 0 Å². The molecule has 30 heavy (non-hydrogen) atoms. The molecule has 2 saturated heterocycles. The SMILES string of the molecule is CN=C(NCCCOC1CCOC1)NCC(c1ccc(OC)cc1)N1CCOCC1. The lowest BCUT2D eigenvalue weighted by molar-refractivity contribution is 0.0170. The van der Waals surface area contributed by atoms with Gasteiger partial charge < -0.3 is 29.6 Å². The molecule has 2 fully saturated rings. The Morgan fingerprint density at radius 2 is 1.97 bits per heavy atom. The number of aliphatic imine (C=N–C) groups is 1. The number of methoxy groups -OCH3 is 1. The average Bonchev–Trinajstić information content (AvgIpc) is 3.32. The Kier molecular flexibility index (Phi) is 9.69. The van der Waals surface area contributed by atoms with Crippen LogP contribution in [0.25, 0.3) is 0 Å². The van der Waals surface area contributed by atoms with Gasteiger partial charge in [-0.1, -0.05) is 12.1 Å². The first kappa shape index (κ1) is 22.8. The van der Waals surface area contributed by atoms with Crippen molar-refractivity contribution < 1.29 is 18.9 Å². The van der Waals surface area contributed by atoms with Crippen LogP contribution in [0, 0.1) is 0 Å². The van der Waals surface area contributed by atoms with Crippen molar-refractivity contribution in [2.45, 2.75) is 25.0 Å². The molecule has 0 saturated carbocycles. The molecule has 0 radical (unpaired) electrons. The fourth-order valence-electron chi connectivity index (χ4n) is 3.76. The number of hydrogen-bond donors (Lipinski definition) is 2. The molecule has 0 aliphatic carbocycles. The zero-order valence-corrected chi connectivity index (χ0v) is 18.3. The predicted molar refractivity (Wildman–Crippen MR) is 117 cm³/mol. The van der Waals surface area contributed by atoms with Crippen LogP contribution in [0.1, 0.15) is 24.4 Å². The maximum Gasteiger partial charge on any atom is 0.191 e. The number of rotatable bonds is 10. The van der Waals surface area contributed by atoms with Crippen molar-refractivity contribution in [1.82, 2.24) is 15.5 Å². The Morgan fingerprint density at radius 1 is 1.17 bits per heavy atom. The van der Waals surface area contributed by atoms with Crippen molar-refractivity contribution in [2.75, 3.05) is 73.4 Å². The molecule has 2 atom stereocenters. The van der Waals surface area contributed by atoms with Crippen LogP contribution < -0.4 is 15.4 Å². The van der Waals surface area contributed by atoms with Gasteiger partial charge in [-0.25, -0.2) is 0 Å². The van der Waals surface area contributed by atoms with Gasteiger partial charge in [0, 0.05) is 46.4 Å². The Labute approximate surface area is 179 Å². The molecule has 0 aromatic heterocycles. The third-order valence-electron chi connectivity index (χ3n) is 5.53. The minimum absolute atomic E-state index is 0.240. The van der Waals surface area contributed by atoms with Gasteiger partial charge in [0.05, 0.1) is 39.1 Å². The van der Waals surface area contributed by atoms with Crippen molar-refractivity contribution >= 4 is 5.96 Å². The van der Waals surface area contributed by atoms with Crippen LogP contribution in [0.4, 0.5) is 0 Å². The quantitative estimate of drug-likeness (QED) is 0.337. The van der Waals surface area contributed by atoms with Gasteiger partial charge in [-0.3, -0.25) is 9.89 Å². The average molecular weight is 421 g/mol. The van der Waals surface area contributed by atoms with Crippen LogP contribution in [-0.2, 0) is 14.2 Å². The Morgan fingerprint density at radius 3 is 2.63 bits per heavy atom.